The molecule has 0 aliphatic carbocycles. The summed E-state index contributed by atoms with van der Waals surface area (Å²) in [5.74, 6) is 0. The third-order valence-electron chi connectivity index (χ3n) is 2.47. The average molecular weight is 234 g/mol. The van der Waals surface area contributed by atoms with Crippen molar-refractivity contribution in [3.8, 4) is 0 Å². The molecule has 2 aromatic carbocycles. The van der Waals surface area contributed by atoms with E-state index in [1.54, 1.807) is 11.3 Å². The van der Waals surface area contributed by atoms with Gasteiger partial charge in [-0.2, -0.15) is 0 Å². The molecular weight excluding hydrogens is 226 g/mol. The van der Waals surface area contributed by atoms with E-state index in [9.17, 15) is 0 Å². The van der Waals surface area contributed by atoms with Crippen LogP contribution in [0.1, 0.15) is 0 Å². The van der Waals surface area contributed by atoms with Crippen LogP contribution in [0, 0.1) is 0 Å². The van der Waals surface area contributed by atoms with Crippen molar-refractivity contribution in [2.45, 2.75) is 0 Å². The summed E-state index contributed by atoms with van der Waals surface area (Å²) in [6.45, 7) is 0. The summed E-state index contributed by atoms with van der Waals surface area (Å²) in [4.78, 5) is 0. The fraction of sp³-hybridized carbons (Fsp3) is 0. The fourth-order valence-electron chi connectivity index (χ4n) is 1.78. The van der Waals surface area contributed by atoms with E-state index in [4.69, 9.17) is 17.3 Å². The van der Waals surface area contributed by atoms with E-state index in [0.29, 0.717) is 0 Å². The van der Waals surface area contributed by atoms with Gasteiger partial charge in [0.15, 0.2) is 0 Å². The molecule has 0 aliphatic heterocycles. The van der Waals surface area contributed by atoms with Crippen LogP contribution in [0.5, 0.6) is 0 Å². The van der Waals surface area contributed by atoms with Crippen molar-refractivity contribution >= 4 is 48.8 Å². The van der Waals surface area contributed by atoms with Gasteiger partial charge in [-0.1, -0.05) is 23.7 Å². The Kier molecular flexibility index (Phi) is 1.87. The number of rotatable bonds is 0. The number of benzene rings is 2. The smallest absolute Gasteiger partial charge is 0.0584 e. The zero-order valence-electron chi connectivity index (χ0n) is 7.83. The SMILES string of the molecule is Nc1ccc2sc3c(Cl)cccc3c2c1. The number of nitrogen functional groups attached to an aromatic ring is 1. The molecule has 3 aromatic rings. The molecule has 0 fully saturated rings. The molecule has 0 spiro atoms. The highest BCUT2D eigenvalue weighted by Crippen LogP contribution is 2.38. The van der Waals surface area contributed by atoms with Crippen LogP contribution in [0.4, 0.5) is 5.69 Å². The zero-order valence-corrected chi connectivity index (χ0v) is 9.40. The van der Waals surface area contributed by atoms with Gasteiger partial charge in [0.25, 0.3) is 0 Å². The van der Waals surface area contributed by atoms with Gasteiger partial charge in [0.2, 0.25) is 0 Å². The normalized spacial score (nSPS) is 11.3. The molecule has 0 atom stereocenters. The topological polar surface area (TPSA) is 26.0 Å². The average Bonchev–Trinajstić information content (AvgIpc) is 2.58. The lowest BCUT2D eigenvalue weighted by molar-refractivity contribution is 1.79. The largest absolute Gasteiger partial charge is 0.399 e. The van der Waals surface area contributed by atoms with E-state index in [0.717, 1.165) is 15.4 Å². The number of fused-ring (bicyclic) bond motifs is 3. The quantitative estimate of drug-likeness (QED) is 0.576. The van der Waals surface area contributed by atoms with E-state index in [1.165, 1.54) is 15.5 Å². The molecule has 1 aromatic heterocycles. The second kappa shape index (κ2) is 3.12. The maximum Gasteiger partial charge on any atom is 0.0584 e. The van der Waals surface area contributed by atoms with Crippen molar-refractivity contribution in [2.75, 3.05) is 5.73 Å². The number of anilines is 1. The van der Waals surface area contributed by atoms with E-state index >= 15 is 0 Å². The standard InChI is InChI=1S/C12H8ClNS/c13-10-3-1-2-8-9-6-7(14)4-5-11(9)15-12(8)10/h1-6H,14H2. The van der Waals surface area contributed by atoms with Gasteiger partial charge in [-0.25, -0.2) is 0 Å². The molecule has 0 bridgehead atoms. The van der Waals surface area contributed by atoms with Crippen molar-refractivity contribution < 1.29 is 0 Å². The summed E-state index contributed by atoms with van der Waals surface area (Å²) in [5.41, 5.74) is 6.58. The van der Waals surface area contributed by atoms with Crippen LogP contribution in [0.3, 0.4) is 0 Å². The number of halogens is 1. The molecule has 1 heterocycles. The summed E-state index contributed by atoms with van der Waals surface area (Å²) in [5, 5.41) is 3.19. The van der Waals surface area contributed by atoms with Crippen LogP contribution in [-0.2, 0) is 0 Å². The molecule has 3 rings (SSSR count). The molecule has 0 aliphatic rings. The Morgan fingerprint density at radius 1 is 1.07 bits per heavy atom. The number of thiophene rings is 1. The molecule has 0 saturated heterocycles. The molecule has 0 radical (unpaired) electrons. The maximum atomic E-state index is 6.15. The van der Waals surface area contributed by atoms with E-state index in [-0.39, 0.29) is 0 Å². The first-order chi connectivity index (χ1) is 7.25. The van der Waals surface area contributed by atoms with Crippen LogP contribution in [0.25, 0.3) is 20.2 Å². The van der Waals surface area contributed by atoms with E-state index < -0.39 is 0 Å². The minimum Gasteiger partial charge on any atom is -0.399 e. The van der Waals surface area contributed by atoms with Gasteiger partial charge in [0, 0.05) is 21.2 Å². The molecule has 15 heavy (non-hydrogen) atoms. The molecule has 2 N–H and O–H groups in total. The predicted octanol–water partition coefficient (Wildman–Crippen LogP) is 4.29. The highest BCUT2D eigenvalue weighted by Gasteiger charge is 2.07. The van der Waals surface area contributed by atoms with Crippen LogP contribution >= 0.6 is 22.9 Å². The first-order valence-corrected chi connectivity index (χ1v) is 5.81. The summed E-state index contributed by atoms with van der Waals surface area (Å²) < 4.78 is 2.37. The lowest BCUT2D eigenvalue weighted by Gasteiger charge is -1.94. The van der Waals surface area contributed by atoms with E-state index in [2.05, 4.69) is 6.07 Å². The first-order valence-electron chi connectivity index (χ1n) is 4.62. The second-order valence-corrected chi connectivity index (χ2v) is 4.93. The highest BCUT2D eigenvalue weighted by atomic mass is 35.5. The van der Waals surface area contributed by atoms with Crippen LogP contribution < -0.4 is 5.73 Å². The van der Waals surface area contributed by atoms with Gasteiger partial charge in [-0.3, -0.25) is 0 Å². The fourth-order valence-corrected chi connectivity index (χ4v) is 3.16. The Bertz CT molecular complexity index is 657. The summed E-state index contributed by atoms with van der Waals surface area (Å²) in [7, 11) is 0. The van der Waals surface area contributed by atoms with E-state index in [1.807, 2.05) is 30.3 Å². The van der Waals surface area contributed by atoms with Gasteiger partial charge < -0.3 is 5.73 Å². The van der Waals surface area contributed by atoms with Gasteiger partial charge in [-0.15, -0.1) is 11.3 Å². The van der Waals surface area contributed by atoms with Crippen molar-refractivity contribution in [1.29, 1.82) is 0 Å². The lowest BCUT2D eigenvalue weighted by Crippen LogP contribution is -1.81. The first kappa shape index (κ1) is 9.01. The Morgan fingerprint density at radius 3 is 2.80 bits per heavy atom. The lowest BCUT2D eigenvalue weighted by atomic mass is 10.1. The third kappa shape index (κ3) is 1.29. The molecule has 3 heteroatoms. The molecule has 74 valence electrons. The van der Waals surface area contributed by atoms with Crippen molar-refractivity contribution in [1.82, 2.24) is 0 Å². The van der Waals surface area contributed by atoms with Crippen molar-refractivity contribution in [2.24, 2.45) is 0 Å². The molecular formula is C12H8ClNS. The van der Waals surface area contributed by atoms with Gasteiger partial charge in [0.1, 0.15) is 0 Å². The Morgan fingerprint density at radius 2 is 1.93 bits per heavy atom. The van der Waals surface area contributed by atoms with Crippen molar-refractivity contribution in [3.63, 3.8) is 0 Å². The van der Waals surface area contributed by atoms with Gasteiger partial charge in [0.05, 0.1) is 9.72 Å². The van der Waals surface area contributed by atoms with Crippen LogP contribution in [-0.4, -0.2) is 0 Å². The molecule has 0 unspecified atom stereocenters. The third-order valence-corrected chi connectivity index (χ3v) is 4.12. The maximum absolute atomic E-state index is 6.15. The van der Waals surface area contributed by atoms with Crippen molar-refractivity contribution in [3.05, 3.63) is 41.4 Å². The second-order valence-electron chi connectivity index (χ2n) is 3.47. The minimum atomic E-state index is 0.794. The monoisotopic (exact) mass is 233 g/mol. The zero-order chi connectivity index (χ0) is 10.4. The molecule has 1 nitrogen and oxygen atoms in total. The van der Waals surface area contributed by atoms with Gasteiger partial charge in [-0.05, 0) is 24.3 Å². The number of hydrogen-bond donors (Lipinski definition) is 1. The molecule has 0 saturated carbocycles. The molecule has 0 amide bonds. The Balaban J connectivity index is 2.58. The summed E-state index contributed by atoms with van der Waals surface area (Å²) in [6, 6.07) is 11.9. The number of hydrogen-bond acceptors (Lipinski definition) is 2. The van der Waals surface area contributed by atoms with Crippen LogP contribution in [0.15, 0.2) is 36.4 Å². The highest BCUT2D eigenvalue weighted by molar-refractivity contribution is 7.26. The van der Waals surface area contributed by atoms with Gasteiger partial charge >= 0.3 is 0 Å². The minimum absolute atomic E-state index is 0.794. The summed E-state index contributed by atoms with van der Waals surface area (Å²) in [6.07, 6.45) is 0. The predicted molar refractivity (Wildman–Crippen MR) is 68.8 cm³/mol. The Labute approximate surface area is 96.1 Å². The summed E-state index contributed by atoms with van der Waals surface area (Å²) >= 11 is 7.86. The Hall–Kier alpha value is -1.25. The van der Waals surface area contributed by atoms with Crippen LogP contribution in [0.2, 0.25) is 5.02 Å². The number of nitrogens with two attached hydrogens (primary N) is 1.